The number of rotatable bonds is 5. The Balaban J connectivity index is 1.77. The molecule has 7 nitrogen and oxygen atoms in total. The highest BCUT2D eigenvalue weighted by atomic mass is 35.5. The number of anilines is 1. The van der Waals surface area contributed by atoms with Gasteiger partial charge in [0.1, 0.15) is 6.04 Å². The molecule has 2 aromatic carbocycles. The highest BCUT2D eigenvalue weighted by Crippen LogP contribution is 2.23. The Bertz CT molecular complexity index is 1350. The molecular weight excluding hydrogens is 426 g/mol. The maximum Gasteiger partial charge on any atom is 0.295 e. The largest absolute Gasteiger partial charge is 0.324 e. The van der Waals surface area contributed by atoms with Crippen LogP contribution >= 0.6 is 11.6 Å². The van der Waals surface area contributed by atoms with Gasteiger partial charge in [-0.25, -0.2) is 9.36 Å². The molecule has 0 fully saturated rings. The van der Waals surface area contributed by atoms with Gasteiger partial charge in [-0.1, -0.05) is 36.2 Å². The minimum Gasteiger partial charge on any atom is -0.324 e. The van der Waals surface area contributed by atoms with Crippen molar-refractivity contribution in [3.8, 4) is 5.69 Å². The summed E-state index contributed by atoms with van der Waals surface area (Å²) in [6.07, 6.45) is 0.398. The molecule has 8 heteroatoms. The number of nitrogens with zero attached hydrogens (tertiary/aromatic N) is 4. The summed E-state index contributed by atoms with van der Waals surface area (Å²) in [5.74, 6) is -0.321. The summed E-state index contributed by atoms with van der Waals surface area (Å²) in [5, 5.41) is 13.2. The number of aryl methyl sites for hydroxylation is 3. The van der Waals surface area contributed by atoms with E-state index in [2.05, 4.69) is 15.5 Å². The van der Waals surface area contributed by atoms with Crippen molar-refractivity contribution in [3.63, 3.8) is 0 Å². The zero-order chi connectivity index (χ0) is 23.0. The molecule has 32 heavy (non-hydrogen) atoms. The van der Waals surface area contributed by atoms with Crippen LogP contribution in [0.4, 0.5) is 5.69 Å². The Hall–Kier alpha value is -3.45. The van der Waals surface area contributed by atoms with E-state index in [-0.39, 0.29) is 5.91 Å². The van der Waals surface area contributed by atoms with Gasteiger partial charge in [-0.2, -0.15) is 10.2 Å². The molecule has 4 rings (SSSR count). The number of aromatic nitrogens is 4. The number of fused-ring (bicyclic) bond motifs is 1. The van der Waals surface area contributed by atoms with Gasteiger partial charge in [-0.15, -0.1) is 0 Å². The fraction of sp³-hybridized carbons (Fsp3) is 0.250. The Morgan fingerprint density at radius 3 is 2.31 bits per heavy atom. The average Bonchev–Trinajstić information content (AvgIpc) is 3.12. The molecule has 2 heterocycles. The summed E-state index contributed by atoms with van der Waals surface area (Å²) in [7, 11) is 0. The molecule has 0 radical (unpaired) electrons. The molecule has 0 aliphatic rings. The van der Waals surface area contributed by atoms with E-state index in [1.807, 2.05) is 52.0 Å². The van der Waals surface area contributed by atoms with Crippen molar-refractivity contribution in [2.24, 2.45) is 0 Å². The number of nitrogens with one attached hydrogen (secondary N) is 1. The minimum absolute atomic E-state index is 0.299. The molecule has 0 aliphatic carbocycles. The lowest BCUT2D eigenvalue weighted by Crippen LogP contribution is -2.35. The second-order valence-corrected chi connectivity index (χ2v) is 8.25. The van der Waals surface area contributed by atoms with Gasteiger partial charge >= 0.3 is 0 Å². The Morgan fingerprint density at radius 2 is 1.69 bits per heavy atom. The third kappa shape index (κ3) is 3.91. The monoisotopic (exact) mass is 449 g/mol. The zero-order valence-corrected chi connectivity index (χ0v) is 19.1. The molecule has 1 atom stereocenters. The summed E-state index contributed by atoms with van der Waals surface area (Å²) >= 11 is 5.92. The van der Waals surface area contributed by atoms with E-state index in [1.165, 1.54) is 4.68 Å². The van der Waals surface area contributed by atoms with Crippen LogP contribution in [0.25, 0.3) is 16.6 Å². The highest BCUT2D eigenvalue weighted by Gasteiger charge is 2.25. The number of halogens is 1. The first-order chi connectivity index (χ1) is 15.3. The van der Waals surface area contributed by atoms with Crippen molar-refractivity contribution in [2.45, 2.75) is 40.2 Å². The van der Waals surface area contributed by atoms with Gasteiger partial charge in [0.05, 0.1) is 22.5 Å². The van der Waals surface area contributed by atoms with Crippen LogP contribution in [0.2, 0.25) is 5.02 Å². The van der Waals surface area contributed by atoms with E-state index in [0.717, 1.165) is 16.9 Å². The molecule has 0 spiro atoms. The van der Waals surface area contributed by atoms with Crippen molar-refractivity contribution in [2.75, 3.05) is 5.32 Å². The molecule has 164 valence electrons. The van der Waals surface area contributed by atoms with Gasteiger partial charge in [0, 0.05) is 10.7 Å². The van der Waals surface area contributed by atoms with Crippen molar-refractivity contribution in [1.82, 2.24) is 19.6 Å². The summed E-state index contributed by atoms with van der Waals surface area (Å²) < 4.78 is 2.99. The second kappa shape index (κ2) is 8.59. The predicted molar refractivity (Wildman–Crippen MR) is 127 cm³/mol. The molecule has 0 bridgehead atoms. The van der Waals surface area contributed by atoms with Crippen LogP contribution in [-0.2, 0) is 4.79 Å². The number of benzene rings is 2. The van der Waals surface area contributed by atoms with Crippen molar-refractivity contribution >= 4 is 34.1 Å². The first-order valence-electron chi connectivity index (χ1n) is 10.4. The normalized spacial score (nSPS) is 12.2. The smallest absolute Gasteiger partial charge is 0.295 e. The SMILES string of the molecule is CC[C@H](C(=O)Nc1ccc(Cl)cc1)n1nc(C)c2c(C)n(-c3ccc(C)cc3)nc2c1=O. The van der Waals surface area contributed by atoms with E-state index >= 15 is 0 Å². The van der Waals surface area contributed by atoms with Crippen LogP contribution in [0, 0.1) is 20.8 Å². The van der Waals surface area contributed by atoms with Crippen LogP contribution in [0.5, 0.6) is 0 Å². The van der Waals surface area contributed by atoms with Crippen molar-refractivity contribution < 1.29 is 4.79 Å². The third-order valence-corrected chi connectivity index (χ3v) is 5.77. The van der Waals surface area contributed by atoms with Crippen molar-refractivity contribution in [1.29, 1.82) is 0 Å². The standard InChI is InChI=1S/C24H24ClN5O2/c1-5-20(23(31)26-18-10-8-17(25)9-11-18)30-24(32)22-21(15(3)27-30)16(4)29(28-22)19-12-6-14(2)7-13-19/h6-13,20H,5H2,1-4H3,(H,26,31)/t20-/m1/s1. The van der Waals surface area contributed by atoms with Crippen LogP contribution in [0.1, 0.15) is 36.3 Å². The molecule has 0 aliphatic heterocycles. The highest BCUT2D eigenvalue weighted by molar-refractivity contribution is 6.30. The molecular formula is C24H24ClN5O2. The number of carbonyl (C=O) groups is 1. The third-order valence-electron chi connectivity index (χ3n) is 5.52. The van der Waals surface area contributed by atoms with Crippen molar-refractivity contribution in [3.05, 3.63) is 80.9 Å². The minimum atomic E-state index is -0.772. The number of hydrogen-bond acceptors (Lipinski definition) is 4. The maximum atomic E-state index is 13.4. The second-order valence-electron chi connectivity index (χ2n) is 7.81. The molecule has 0 saturated carbocycles. The Labute approximate surface area is 190 Å². The molecule has 4 aromatic rings. The van der Waals surface area contributed by atoms with E-state index in [4.69, 9.17) is 11.6 Å². The molecule has 1 amide bonds. The number of amides is 1. The van der Waals surface area contributed by atoms with Gasteiger partial charge in [-0.3, -0.25) is 9.59 Å². The number of carbonyl (C=O) groups excluding carboxylic acids is 1. The Kier molecular flexibility index (Phi) is 5.84. The van der Waals surface area contributed by atoms with Crippen LogP contribution in [-0.4, -0.2) is 25.5 Å². The van der Waals surface area contributed by atoms with Gasteiger partial charge in [-0.05, 0) is 63.6 Å². The average molecular weight is 450 g/mol. The van der Waals surface area contributed by atoms with Gasteiger partial charge < -0.3 is 5.32 Å². The predicted octanol–water partition coefficient (Wildman–Crippen LogP) is 4.75. The quantitative estimate of drug-likeness (QED) is 0.476. The summed E-state index contributed by atoms with van der Waals surface area (Å²) in [6, 6.07) is 14.0. The van der Waals surface area contributed by atoms with Gasteiger partial charge in [0.15, 0.2) is 5.52 Å². The topological polar surface area (TPSA) is 81.8 Å². The fourth-order valence-electron chi connectivity index (χ4n) is 3.83. The summed E-state index contributed by atoms with van der Waals surface area (Å²) in [6.45, 7) is 7.60. The fourth-order valence-corrected chi connectivity index (χ4v) is 3.95. The molecule has 1 N–H and O–H groups in total. The zero-order valence-electron chi connectivity index (χ0n) is 18.4. The molecule has 0 unspecified atom stereocenters. The van der Waals surface area contributed by atoms with Gasteiger partial charge in [0.2, 0.25) is 5.91 Å². The lowest BCUT2D eigenvalue weighted by Gasteiger charge is -2.17. The van der Waals surface area contributed by atoms with E-state index in [1.54, 1.807) is 28.9 Å². The lowest BCUT2D eigenvalue weighted by molar-refractivity contribution is -0.119. The van der Waals surface area contributed by atoms with E-state index in [9.17, 15) is 9.59 Å². The maximum absolute atomic E-state index is 13.4. The molecule has 2 aromatic heterocycles. The van der Waals surface area contributed by atoms with E-state index in [0.29, 0.717) is 33.7 Å². The van der Waals surface area contributed by atoms with Crippen LogP contribution < -0.4 is 10.9 Å². The summed E-state index contributed by atoms with van der Waals surface area (Å²) in [4.78, 5) is 26.3. The first kappa shape index (κ1) is 21.8. The van der Waals surface area contributed by atoms with Gasteiger partial charge in [0.25, 0.3) is 5.56 Å². The number of hydrogen-bond donors (Lipinski definition) is 1. The van der Waals surface area contributed by atoms with Crippen LogP contribution in [0.15, 0.2) is 53.3 Å². The summed E-state index contributed by atoms with van der Waals surface area (Å²) in [5.41, 5.74) is 3.99. The lowest BCUT2D eigenvalue weighted by atomic mass is 10.1. The van der Waals surface area contributed by atoms with E-state index < -0.39 is 11.6 Å². The first-order valence-corrected chi connectivity index (χ1v) is 10.8. The van der Waals surface area contributed by atoms with Crippen LogP contribution in [0.3, 0.4) is 0 Å². The molecule has 0 saturated heterocycles. The Morgan fingerprint density at radius 1 is 1.03 bits per heavy atom.